The van der Waals surface area contributed by atoms with Gasteiger partial charge >= 0.3 is 0 Å². The molecule has 0 unspecified atom stereocenters. The van der Waals surface area contributed by atoms with Crippen molar-refractivity contribution in [2.75, 3.05) is 0 Å². The molecule has 0 bridgehead atoms. The molecule has 128 valence electrons. The average Bonchev–Trinajstić information content (AvgIpc) is 2.65. The predicted molar refractivity (Wildman–Crippen MR) is 105 cm³/mol. The number of halogens is 1. The number of amides is 1. The van der Waals surface area contributed by atoms with E-state index in [0.29, 0.717) is 5.88 Å². The third kappa shape index (κ3) is 6.09. The topological polar surface area (TPSA) is 43.1 Å². The highest BCUT2D eigenvalue weighted by molar-refractivity contribution is 6.17. The van der Waals surface area contributed by atoms with E-state index in [2.05, 4.69) is 84.6 Å². The van der Waals surface area contributed by atoms with Crippen molar-refractivity contribution in [1.82, 2.24) is 0 Å². The van der Waals surface area contributed by atoms with Crippen LogP contribution in [0.4, 0.5) is 0 Å². The number of benzene rings is 3. The van der Waals surface area contributed by atoms with E-state index in [4.69, 9.17) is 16.4 Å². The summed E-state index contributed by atoms with van der Waals surface area (Å²) >= 11 is 6.01. The standard InChI is InChI=1S/C21H19Cl.CH3NO/c22-16-19-11-12-20(13-17-7-3-1-4-8-17)21(15-19)14-18-9-5-2-6-10-18;2-1-3/h1-12,15H,13-14,16H2;1H,(H2,2,3). The Morgan fingerprint density at radius 3 is 1.68 bits per heavy atom. The van der Waals surface area contributed by atoms with Crippen LogP contribution < -0.4 is 5.73 Å². The molecule has 2 nitrogen and oxygen atoms in total. The van der Waals surface area contributed by atoms with Crippen LogP contribution >= 0.6 is 11.6 Å². The number of hydrogen-bond acceptors (Lipinski definition) is 1. The second-order valence-corrected chi connectivity index (χ2v) is 5.96. The zero-order valence-electron chi connectivity index (χ0n) is 14.1. The van der Waals surface area contributed by atoms with Crippen LogP contribution in [0.15, 0.2) is 78.9 Å². The highest BCUT2D eigenvalue weighted by atomic mass is 35.5. The van der Waals surface area contributed by atoms with Crippen LogP contribution in [0, 0.1) is 0 Å². The van der Waals surface area contributed by atoms with Crippen molar-refractivity contribution in [3.8, 4) is 0 Å². The molecule has 0 aliphatic carbocycles. The first kappa shape index (κ1) is 18.8. The quantitative estimate of drug-likeness (QED) is 0.525. The Bertz CT molecular complexity index is 773. The largest absolute Gasteiger partial charge is 0.372 e. The Kier molecular flexibility index (Phi) is 7.74. The van der Waals surface area contributed by atoms with Crippen molar-refractivity contribution in [3.05, 3.63) is 107 Å². The van der Waals surface area contributed by atoms with Crippen LogP contribution in [0.1, 0.15) is 27.8 Å². The lowest BCUT2D eigenvalue weighted by molar-refractivity contribution is -0.106. The molecule has 0 saturated heterocycles. The SMILES string of the molecule is ClCc1ccc(Cc2ccccc2)c(Cc2ccccc2)c1.NC=O. The van der Waals surface area contributed by atoms with E-state index in [1.165, 1.54) is 27.8 Å². The Morgan fingerprint density at radius 2 is 1.20 bits per heavy atom. The number of hydrogen-bond donors (Lipinski definition) is 1. The van der Waals surface area contributed by atoms with Crippen molar-refractivity contribution >= 4 is 18.0 Å². The number of carbonyl (C=O) groups excluding carboxylic acids is 1. The first-order valence-electron chi connectivity index (χ1n) is 8.16. The van der Waals surface area contributed by atoms with Gasteiger partial charge in [0, 0.05) is 5.88 Å². The van der Waals surface area contributed by atoms with Crippen molar-refractivity contribution < 1.29 is 4.79 Å². The zero-order valence-corrected chi connectivity index (χ0v) is 14.8. The minimum absolute atomic E-state index is 0.250. The summed E-state index contributed by atoms with van der Waals surface area (Å²) in [6, 6.07) is 27.8. The van der Waals surface area contributed by atoms with E-state index in [1.54, 1.807) is 0 Å². The molecule has 3 aromatic carbocycles. The number of nitrogens with two attached hydrogens (primary N) is 1. The summed E-state index contributed by atoms with van der Waals surface area (Å²) in [6.45, 7) is 0. The second-order valence-electron chi connectivity index (χ2n) is 5.70. The molecule has 25 heavy (non-hydrogen) atoms. The number of alkyl halides is 1. The third-order valence-electron chi connectivity index (χ3n) is 3.90. The summed E-state index contributed by atoms with van der Waals surface area (Å²) in [6.07, 6.45) is 2.17. The van der Waals surface area contributed by atoms with Gasteiger partial charge in [-0.05, 0) is 40.7 Å². The highest BCUT2D eigenvalue weighted by Gasteiger charge is 2.06. The van der Waals surface area contributed by atoms with Crippen LogP contribution in [0.5, 0.6) is 0 Å². The van der Waals surface area contributed by atoms with Gasteiger partial charge in [0.2, 0.25) is 6.41 Å². The van der Waals surface area contributed by atoms with Gasteiger partial charge < -0.3 is 5.73 Å². The lowest BCUT2D eigenvalue weighted by atomic mass is 9.94. The van der Waals surface area contributed by atoms with E-state index in [0.717, 1.165) is 12.8 Å². The van der Waals surface area contributed by atoms with Crippen LogP contribution in [0.25, 0.3) is 0 Å². The van der Waals surface area contributed by atoms with Crippen LogP contribution in [-0.2, 0) is 23.5 Å². The fourth-order valence-corrected chi connectivity index (χ4v) is 2.90. The number of primary amides is 1. The maximum Gasteiger partial charge on any atom is 0.204 e. The molecule has 3 rings (SSSR count). The van der Waals surface area contributed by atoms with Gasteiger partial charge in [-0.1, -0.05) is 78.9 Å². The van der Waals surface area contributed by atoms with Gasteiger partial charge in [-0.25, -0.2) is 0 Å². The van der Waals surface area contributed by atoms with Crippen LogP contribution in [0.2, 0.25) is 0 Å². The Morgan fingerprint density at radius 1 is 0.720 bits per heavy atom. The zero-order chi connectivity index (χ0) is 17.9. The molecular weight excluding hydrogens is 330 g/mol. The van der Waals surface area contributed by atoms with Crippen molar-refractivity contribution in [3.63, 3.8) is 0 Å². The van der Waals surface area contributed by atoms with Gasteiger partial charge in [-0.15, -0.1) is 11.6 Å². The molecule has 0 fully saturated rings. The van der Waals surface area contributed by atoms with Crippen LogP contribution in [0.3, 0.4) is 0 Å². The lowest BCUT2D eigenvalue weighted by Gasteiger charge is -2.12. The predicted octanol–water partition coefficient (Wildman–Crippen LogP) is 4.71. The minimum Gasteiger partial charge on any atom is -0.372 e. The summed E-state index contributed by atoms with van der Waals surface area (Å²) in [4.78, 5) is 8.58. The van der Waals surface area contributed by atoms with Crippen molar-refractivity contribution in [2.45, 2.75) is 18.7 Å². The average molecular weight is 352 g/mol. The Hall–Kier alpha value is -2.58. The van der Waals surface area contributed by atoms with Crippen LogP contribution in [-0.4, -0.2) is 6.41 Å². The monoisotopic (exact) mass is 351 g/mol. The van der Waals surface area contributed by atoms with Crippen molar-refractivity contribution in [2.24, 2.45) is 5.73 Å². The van der Waals surface area contributed by atoms with E-state index < -0.39 is 0 Å². The van der Waals surface area contributed by atoms with E-state index in [9.17, 15) is 0 Å². The molecule has 2 N–H and O–H groups in total. The minimum atomic E-state index is 0.250. The molecule has 0 atom stereocenters. The molecule has 0 spiro atoms. The van der Waals surface area contributed by atoms with E-state index >= 15 is 0 Å². The molecule has 3 aromatic rings. The van der Waals surface area contributed by atoms with E-state index in [1.807, 2.05) is 0 Å². The maximum absolute atomic E-state index is 8.58. The molecule has 3 heteroatoms. The first-order valence-corrected chi connectivity index (χ1v) is 8.70. The van der Waals surface area contributed by atoms with Gasteiger partial charge in [0.05, 0.1) is 0 Å². The summed E-state index contributed by atoms with van der Waals surface area (Å²) < 4.78 is 0. The van der Waals surface area contributed by atoms with Gasteiger partial charge in [0.15, 0.2) is 0 Å². The summed E-state index contributed by atoms with van der Waals surface area (Å²) in [5, 5.41) is 0. The summed E-state index contributed by atoms with van der Waals surface area (Å²) in [5.74, 6) is 0.563. The number of rotatable bonds is 5. The molecule has 0 heterocycles. The first-order chi connectivity index (χ1) is 12.3. The summed E-state index contributed by atoms with van der Waals surface area (Å²) in [5.41, 5.74) is 10.8. The maximum atomic E-state index is 8.58. The fraction of sp³-hybridized carbons (Fsp3) is 0.136. The smallest absolute Gasteiger partial charge is 0.204 e. The van der Waals surface area contributed by atoms with Gasteiger partial charge in [0.1, 0.15) is 0 Å². The third-order valence-corrected chi connectivity index (χ3v) is 4.21. The lowest BCUT2D eigenvalue weighted by Crippen LogP contribution is -1.98. The molecule has 0 aromatic heterocycles. The molecule has 0 aliphatic rings. The van der Waals surface area contributed by atoms with E-state index in [-0.39, 0.29) is 6.41 Å². The molecule has 1 amide bonds. The Labute approximate surface area is 154 Å². The second kappa shape index (κ2) is 10.3. The molecule has 0 radical (unpaired) electrons. The normalized spacial score (nSPS) is 9.80. The number of carbonyl (C=O) groups is 1. The van der Waals surface area contributed by atoms with Crippen molar-refractivity contribution in [1.29, 1.82) is 0 Å². The molecule has 0 aliphatic heterocycles. The fourth-order valence-electron chi connectivity index (χ4n) is 2.73. The Balaban J connectivity index is 0.000000701. The highest BCUT2D eigenvalue weighted by Crippen LogP contribution is 2.20. The van der Waals surface area contributed by atoms with Gasteiger partial charge in [-0.3, -0.25) is 4.79 Å². The molecule has 0 saturated carbocycles. The van der Waals surface area contributed by atoms with Gasteiger partial charge in [-0.2, -0.15) is 0 Å². The van der Waals surface area contributed by atoms with Gasteiger partial charge in [0.25, 0.3) is 0 Å². The summed E-state index contributed by atoms with van der Waals surface area (Å²) in [7, 11) is 0. The molecular formula is C22H22ClNO.